The molecule has 0 aromatic rings. The summed E-state index contributed by atoms with van der Waals surface area (Å²) in [4.78, 5) is 82.2. The van der Waals surface area contributed by atoms with Gasteiger partial charge in [0.15, 0.2) is 0 Å². The average molecular weight is 997 g/mol. The van der Waals surface area contributed by atoms with Crippen LogP contribution in [0.3, 0.4) is 0 Å². The molecule has 70 heavy (non-hydrogen) atoms. The van der Waals surface area contributed by atoms with Gasteiger partial charge in [0.05, 0.1) is 19.8 Å². The van der Waals surface area contributed by atoms with Gasteiger partial charge in [0.25, 0.3) is 0 Å². The fraction of sp³-hybridized carbons (Fsp3) is 0.784. The van der Waals surface area contributed by atoms with Crippen molar-refractivity contribution >= 4 is 42.3 Å². The summed E-state index contributed by atoms with van der Waals surface area (Å²) in [7, 11) is 1.69. The van der Waals surface area contributed by atoms with E-state index < -0.39 is 36.3 Å². The lowest BCUT2D eigenvalue weighted by molar-refractivity contribution is -0.141. The van der Waals surface area contributed by atoms with Crippen LogP contribution in [0.1, 0.15) is 152 Å². The lowest BCUT2D eigenvalue weighted by Crippen LogP contribution is -2.50. The topological polar surface area (TPSA) is 241 Å². The molecular formula is C51H88N4O15. The molecule has 0 aromatic carbocycles. The van der Waals surface area contributed by atoms with Crippen molar-refractivity contribution in [3.8, 4) is 0 Å². The minimum atomic E-state index is -0.581. The Kier molecular flexibility index (Phi) is 29.4. The van der Waals surface area contributed by atoms with Gasteiger partial charge < -0.3 is 59.2 Å². The second kappa shape index (κ2) is 32.7. The highest BCUT2D eigenvalue weighted by atomic mass is 16.6. The third-order valence-corrected chi connectivity index (χ3v) is 11.7. The fourth-order valence-corrected chi connectivity index (χ4v) is 9.42. The Labute approximate surface area is 417 Å². The van der Waals surface area contributed by atoms with Crippen molar-refractivity contribution in [3.63, 3.8) is 0 Å². The first-order chi connectivity index (χ1) is 32.8. The maximum Gasteiger partial charge on any atom is 0.407 e. The molecule has 2 saturated carbocycles. The van der Waals surface area contributed by atoms with Gasteiger partial charge >= 0.3 is 42.3 Å². The number of carbonyl (C=O) groups is 7. The first-order valence-electron chi connectivity index (χ1n) is 24.7. The summed E-state index contributed by atoms with van der Waals surface area (Å²) in [6, 6.07) is -0.114. The normalized spacial score (nSPS) is 20.9. The van der Waals surface area contributed by atoms with Crippen LogP contribution in [0, 0.1) is 21.7 Å². The smallest absolute Gasteiger partial charge is 0.407 e. The Balaban J connectivity index is 0.000000701. The molecule has 0 spiro atoms. The van der Waals surface area contributed by atoms with E-state index in [0.29, 0.717) is 44.9 Å². The van der Waals surface area contributed by atoms with Crippen molar-refractivity contribution in [3.05, 3.63) is 24.3 Å². The quantitative estimate of drug-likeness (QED) is 0.0248. The lowest BCUT2D eigenvalue weighted by atomic mass is 9.62. The Morgan fingerprint density at radius 2 is 0.771 bits per heavy atom. The number of hydrogen-bond donors (Lipinski definition) is 4. The summed E-state index contributed by atoms with van der Waals surface area (Å²) in [6.45, 7) is 26.9. The van der Waals surface area contributed by atoms with Gasteiger partial charge in [-0.25, -0.2) is 28.8 Å². The summed E-state index contributed by atoms with van der Waals surface area (Å²) in [6.07, 6.45) is 10.1. The lowest BCUT2D eigenvalue weighted by Gasteiger charge is -2.46. The zero-order valence-corrected chi connectivity index (χ0v) is 44.2. The van der Waals surface area contributed by atoms with Crippen LogP contribution in [0.15, 0.2) is 24.3 Å². The van der Waals surface area contributed by atoms with Crippen LogP contribution < -0.4 is 21.3 Å². The van der Waals surface area contributed by atoms with Crippen LogP contribution >= 0.6 is 0 Å². The molecule has 0 saturated heterocycles. The second-order valence-electron chi connectivity index (χ2n) is 21.0. The molecule has 0 radical (unpaired) electrons. The van der Waals surface area contributed by atoms with Crippen molar-refractivity contribution in [2.24, 2.45) is 21.7 Å². The number of nitrogens with one attached hydrogen (secondary N) is 4. The van der Waals surface area contributed by atoms with E-state index in [1.54, 1.807) is 21.0 Å². The number of ether oxygens (including phenoxy) is 8. The molecule has 4 N–H and O–H groups in total. The number of rotatable bonds is 28. The first-order valence-corrected chi connectivity index (χ1v) is 24.7. The number of hydrogen-bond acceptors (Lipinski definition) is 15. The van der Waals surface area contributed by atoms with E-state index in [1.807, 2.05) is 0 Å². The number of alkyl carbamates (subject to hydrolysis) is 4. The first kappa shape index (κ1) is 62.9. The van der Waals surface area contributed by atoms with Crippen LogP contribution in [0.25, 0.3) is 0 Å². The van der Waals surface area contributed by atoms with E-state index in [9.17, 15) is 33.6 Å². The SMILES string of the molecule is C=C(C)C(=O)OCCOC(=O)NCC1(C)CC(NC(=O)OCCCCCCOC(C)=O)CC(C)(C)C1.C=C(C)C(=O)OCCOC(=O)NCC1(C)CC(NC(=O)OCCCCCCOC)CC(C)(C)C1. The second-order valence-corrected chi connectivity index (χ2v) is 21.0. The van der Waals surface area contributed by atoms with Gasteiger partial charge in [-0.15, -0.1) is 0 Å². The van der Waals surface area contributed by atoms with Crippen molar-refractivity contribution < 1.29 is 71.5 Å². The molecule has 19 heteroatoms. The van der Waals surface area contributed by atoms with Crippen LogP contribution in [-0.2, 0) is 52.3 Å². The minimum absolute atomic E-state index is 0.00533. The summed E-state index contributed by atoms with van der Waals surface area (Å²) in [5, 5.41) is 11.6. The zero-order chi connectivity index (χ0) is 52.8. The van der Waals surface area contributed by atoms with Crippen molar-refractivity contribution in [1.82, 2.24) is 21.3 Å². The van der Waals surface area contributed by atoms with Gasteiger partial charge in [0.2, 0.25) is 0 Å². The molecule has 2 aliphatic rings. The van der Waals surface area contributed by atoms with E-state index in [2.05, 4.69) is 76.0 Å². The van der Waals surface area contributed by atoms with E-state index in [-0.39, 0.29) is 71.7 Å². The van der Waals surface area contributed by atoms with Gasteiger partial charge in [-0.3, -0.25) is 4.79 Å². The fourth-order valence-electron chi connectivity index (χ4n) is 9.42. The predicted octanol–water partition coefficient (Wildman–Crippen LogP) is 8.62. The van der Waals surface area contributed by atoms with Crippen molar-refractivity contribution in [2.45, 2.75) is 164 Å². The van der Waals surface area contributed by atoms with E-state index in [0.717, 1.165) is 90.1 Å². The molecule has 0 heterocycles. The molecule has 402 valence electrons. The molecule has 19 nitrogen and oxygen atoms in total. The van der Waals surface area contributed by atoms with Gasteiger partial charge in [-0.1, -0.05) is 61.1 Å². The standard InChI is InChI=1S/C26H44N2O8.C25H44N2O7/c1-19(2)22(30)34-13-14-36-23(31)27-18-26(6)16-21(15-25(4,5)17-26)28-24(32)35-12-10-8-7-9-11-33-20(3)29;1-19(2)21(28)32-13-14-34-22(29)26-18-25(5)16-20(15-24(3,4)17-25)27-23(30)33-12-10-8-7-9-11-31-6/h21H,1,7-18H2,2-6H3,(H,27,31)(H,28,32);20H,1,7-18H2,2-6H3,(H,26,29)(H,27,30). The van der Waals surface area contributed by atoms with Gasteiger partial charge in [-0.05, 0) is 119 Å². The number of unbranched alkanes of at least 4 members (excludes halogenated alkanes) is 6. The number of esters is 3. The molecule has 4 atom stereocenters. The van der Waals surface area contributed by atoms with E-state index in [1.165, 1.54) is 6.92 Å². The molecule has 4 unspecified atom stereocenters. The highest BCUT2D eigenvalue weighted by Gasteiger charge is 2.43. The average Bonchev–Trinajstić information content (AvgIpc) is 3.24. The number of methoxy groups -OCH3 is 1. The maximum atomic E-state index is 12.3. The van der Waals surface area contributed by atoms with Gasteiger partial charge in [0.1, 0.15) is 26.4 Å². The van der Waals surface area contributed by atoms with Crippen LogP contribution in [0.5, 0.6) is 0 Å². The molecule has 2 aliphatic carbocycles. The Hall–Kier alpha value is -5.07. The van der Waals surface area contributed by atoms with Gasteiger partial charge in [-0.2, -0.15) is 0 Å². The number of amides is 4. The molecule has 2 fully saturated rings. The van der Waals surface area contributed by atoms with Crippen LogP contribution in [0.4, 0.5) is 19.2 Å². The Morgan fingerprint density at radius 1 is 0.443 bits per heavy atom. The van der Waals surface area contributed by atoms with Crippen molar-refractivity contribution in [1.29, 1.82) is 0 Å². The molecule has 4 amide bonds. The van der Waals surface area contributed by atoms with Crippen LogP contribution in [-0.4, -0.2) is 127 Å². The molecule has 0 bridgehead atoms. The molecular weight excluding hydrogens is 909 g/mol. The zero-order valence-electron chi connectivity index (χ0n) is 44.2. The highest BCUT2D eigenvalue weighted by Crippen LogP contribution is 2.47. The molecule has 2 rings (SSSR count). The Bertz CT molecular complexity index is 1690. The third-order valence-electron chi connectivity index (χ3n) is 11.7. The maximum absolute atomic E-state index is 12.3. The monoisotopic (exact) mass is 997 g/mol. The number of carbonyl (C=O) groups excluding carboxylic acids is 7. The van der Waals surface area contributed by atoms with E-state index >= 15 is 0 Å². The molecule has 0 aromatic heterocycles. The molecule has 0 aliphatic heterocycles. The summed E-state index contributed by atoms with van der Waals surface area (Å²) in [5.74, 6) is -1.31. The highest BCUT2D eigenvalue weighted by molar-refractivity contribution is 5.87. The summed E-state index contributed by atoms with van der Waals surface area (Å²) < 4.78 is 40.6. The largest absolute Gasteiger partial charge is 0.466 e. The van der Waals surface area contributed by atoms with Crippen molar-refractivity contribution in [2.75, 3.05) is 73.1 Å². The predicted molar refractivity (Wildman–Crippen MR) is 264 cm³/mol. The van der Waals surface area contributed by atoms with Gasteiger partial charge in [0, 0.05) is 57.0 Å². The minimum Gasteiger partial charge on any atom is -0.466 e. The van der Waals surface area contributed by atoms with Crippen LogP contribution in [0.2, 0.25) is 0 Å². The summed E-state index contributed by atoms with van der Waals surface area (Å²) in [5.41, 5.74) is 0.0817. The van der Waals surface area contributed by atoms with E-state index in [4.69, 9.17) is 37.9 Å². The third kappa shape index (κ3) is 30.5. The summed E-state index contributed by atoms with van der Waals surface area (Å²) >= 11 is 0. The Morgan fingerprint density at radius 3 is 1.11 bits per heavy atom.